The van der Waals surface area contributed by atoms with Gasteiger partial charge in [0.05, 0.1) is 17.7 Å². The van der Waals surface area contributed by atoms with Gasteiger partial charge >= 0.3 is 0 Å². The summed E-state index contributed by atoms with van der Waals surface area (Å²) in [6.07, 6.45) is 4.19. The van der Waals surface area contributed by atoms with E-state index in [2.05, 4.69) is 32.3 Å². The SMILES string of the molecule is CCc1nnc(NC(=O)c2ccncc2C#CCCO)s1. The van der Waals surface area contributed by atoms with Crippen LogP contribution in [0.3, 0.4) is 0 Å². The van der Waals surface area contributed by atoms with Crippen molar-refractivity contribution in [2.24, 2.45) is 0 Å². The number of nitrogens with zero attached hydrogens (tertiary/aromatic N) is 3. The molecule has 2 aromatic heterocycles. The normalized spacial score (nSPS) is 9.81. The van der Waals surface area contributed by atoms with Crippen LogP contribution in [-0.2, 0) is 6.42 Å². The third-order valence-electron chi connectivity index (χ3n) is 2.52. The number of aryl methyl sites for hydroxylation is 1. The predicted octanol–water partition coefficient (Wildman–Crippen LogP) is 1.48. The lowest BCUT2D eigenvalue weighted by atomic mass is 10.1. The van der Waals surface area contributed by atoms with Crippen LogP contribution in [0.1, 0.15) is 34.3 Å². The van der Waals surface area contributed by atoms with Crippen LogP contribution < -0.4 is 5.32 Å². The molecular formula is C14H14N4O2S. The molecule has 1 amide bonds. The van der Waals surface area contributed by atoms with Gasteiger partial charge in [0.2, 0.25) is 5.13 Å². The average molecular weight is 302 g/mol. The quantitative estimate of drug-likeness (QED) is 0.835. The minimum atomic E-state index is -0.301. The summed E-state index contributed by atoms with van der Waals surface area (Å²) in [4.78, 5) is 16.2. The molecule has 0 saturated heterocycles. The van der Waals surface area contributed by atoms with Crippen molar-refractivity contribution < 1.29 is 9.90 Å². The highest BCUT2D eigenvalue weighted by atomic mass is 32.1. The standard InChI is InChI=1S/C14H14N4O2S/c1-2-12-17-18-14(21-12)16-13(20)11-6-7-15-9-10(11)5-3-4-8-19/h6-7,9,19H,2,4,8H2,1H3,(H,16,18,20). The van der Waals surface area contributed by atoms with E-state index in [0.29, 0.717) is 22.7 Å². The molecule has 6 nitrogen and oxygen atoms in total. The first kappa shape index (κ1) is 15.1. The molecule has 21 heavy (non-hydrogen) atoms. The summed E-state index contributed by atoms with van der Waals surface area (Å²) in [5, 5.41) is 20.6. The van der Waals surface area contributed by atoms with Crippen LogP contribution in [0.15, 0.2) is 18.5 Å². The van der Waals surface area contributed by atoms with Gasteiger partial charge in [-0.2, -0.15) is 0 Å². The molecule has 0 aliphatic heterocycles. The van der Waals surface area contributed by atoms with Crippen LogP contribution in [0, 0.1) is 11.8 Å². The van der Waals surface area contributed by atoms with Crippen LogP contribution in [-0.4, -0.2) is 32.8 Å². The topological polar surface area (TPSA) is 88.0 Å². The molecule has 0 atom stereocenters. The Morgan fingerprint density at radius 1 is 1.48 bits per heavy atom. The van der Waals surface area contributed by atoms with Crippen molar-refractivity contribution in [1.29, 1.82) is 0 Å². The minimum absolute atomic E-state index is 0.0145. The maximum absolute atomic E-state index is 12.2. The summed E-state index contributed by atoms with van der Waals surface area (Å²) in [6, 6.07) is 1.60. The van der Waals surface area contributed by atoms with E-state index >= 15 is 0 Å². The van der Waals surface area contributed by atoms with E-state index < -0.39 is 0 Å². The first-order valence-electron chi connectivity index (χ1n) is 6.42. The molecule has 0 radical (unpaired) electrons. The van der Waals surface area contributed by atoms with Gasteiger partial charge in [-0.3, -0.25) is 15.1 Å². The zero-order valence-electron chi connectivity index (χ0n) is 11.5. The van der Waals surface area contributed by atoms with Crippen molar-refractivity contribution in [2.75, 3.05) is 11.9 Å². The van der Waals surface area contributed by atoms with Gasteiger partial charge < -0.3 is 5.11 Å². The molecule has 0 unspecified atom stereocenters. The van der Waals surface area contributed by atoms with Crippen molar-refractivity contribution in [2.45, 2.75) is 19.8 Å². The Bertz CT molecular complexity index is 688. The van der Waals surface area contributed by atoms with E-state index in [9.17, 15) is 4.79 Å². The summed E-state index contributed by atoms with van der Waals surface area (Å²) in [5.41, 5.74) is 0.937. The molecular weight excluding hydrogens is 288 g/mol. The lowest BCUT2D eigenvalue weighted by Gasteiger charge is -2.03. The summed E-state index contributed by atoms with van der Waals surface area (Å²) in [7, 11) is 0. The van der Waals surface area contributed by atoms with Crippen molar-refractivity contribution >= 4 is 22.4 Å². The number of aliphatic hydroxyl groups is 1. The number of carbonyl (C=O) groups is 1. The van der Waals surface area contributed by atoms with Gasteiger partial charge in [0.15, 0.2) is 0 Å². The first-order valence-corrected chi connectivity index (χ1v) is 7.23. The molecule has 108 valence electrons. The highest BCUT2D eigenvalue weighted by Gasteiger charge is 2.12. The monoisotopic (exact) mass is 302 g/mol. The molecule has 2 aromatic rings. The van der Waals surface area contributed by atoms with Crippen LogP contribution in [0.2, 0.25) is 0 Å². The molecule has 0 aromatic carbocycles. The minimum Gasteiger partial charge on any atom is -0.395 e. The van der Waals surface area contributed by atoms with Gasteiger partial charge in [-0.1, -0.05) is 30.1 Å². The number of hydrogen-bond acceptors (Lipinski definition) is 6. The molecule has 2 rings (SSSR count). The van der Waals surface area contributed by atoms with Crippen LogP contribution in [0.5, 0.6) is 0 Å². The second kappa shape index (κ2) is 7.47. The van der Waals surface area contributed by atoms with Gasteiger partial charge in [-0.05, 0) is 12.5 Å². The number of nitrogens with one attached hydrogen (secondary N) is 1. The highest BCUT2D eigenvalue weighted by molar-refractivity contribution is 7.15. The molecule has 2 heterocycles. The predicted molar refractivity (Wildman–Crippen MR) is 80.1 cm³/mol. The first-order chi connectivity index (χ1) is 10.2. The van der Waals surface area contributed by atoms with Crippen molar-refractivity contribution in [3.8, 4) is 11.8 Å². The van der Waals surface area contributed by atoms with Gasteiger partial charge in [-0.25, -0.2) is 0 Å². The van der Waals surface area contributed by atoms with E-state index in [1.165, 1.54) is 23.7 Å². The van der Waals surface area contributed by atoms with Gasteiger partial charge in [-0.15, -0.1) is 10.2 Å². The fourth-order valence-electron chi connectivity index (χ4n) is 1.52. The van der Waals surface area contributed by atoms with Gasteiger partial charge in [0.25, 0.3) is 5.91 Å². The van der Waals surface area contributed by atoms with Crippen LogP contribution in [0.4, 0.5) is 5.13 Å². The molecule has 0 aliphatic rings. The zero-order valence-corrected chi connectivity index (χ0v) is 12.3. The Morgan fingerprint density at radius 2 is 2.33 bits per heavy atom. The number of aliphatic hydroxyl groups excluding tert-OH is 1. The van der Waals surface area contributed by atoms with Crippen LogP contribution >= 0.6 is 11.3 Å². The molecule has 0 aliphatic carbocycles. The second-order valence-corrected chi connectivity index (χ2v) is 5.07. The number of aromatic nitrogens is 3. The number of rotatable bonds is 4. The number of pyridine rings is 1. The van der Waals surface area contributed by atoms with E-state index in [0.717, 1.165) is 11.4 Å². The Hall–Kier alpha value is -2.30. The number of amides is 1. The summed E-state index contributed by atoms with van der Waals surface area (Å²) >= 11 is 1.34. The number of carbonyl (C=O) groups excluding carboxylic acids is 1. The Labute approximate surface area is 126 Å². The molecule has 0 bridgehead atoms. The third-order valence-corrected chi connectivity index (χ3v) is 3.50. The molecule has 0 saturated carbocycles. The lowest BCUT2D eigenvalue weighted by Crippen LogP contribution is -2.13. The molecule has 2 N–H and O–H groups in total. The Kier molecular flexibility index (Phi) is 5.37. The zero-order chi connectivity index (χ0) is 15.1. The fraction of sp³-hybridized carbons (Fsp3) is 0.286. The summed E-state index contributed by atoms with van der Waals surface area (Å²) in [6.45, 7) is 1.96. The highest BCUT2D eigenvalue weighted by Crippen LogP contribution is 2.17. The smallest absolute Gasteiger partial charge is 0.258 e. The van der Waals surface area contributed by atoms with Gasteiger partial charge in [0.1, 0.15) is 5.01 Å². The number of hydrogen-bond donors (Lipinski definition) is 2. The Balaban J connectivity index is 2.17. The molecule has 0 spiro atoms. The number of anilines is 1. The van der Waals surface area contributed by atoms with Crippen LogP contribution in [0.25, 0.3) is 0 Å². The maximum Gasteiger partial charge on any atom is 0.258 e. The summed E-state index contributed by atoms with van der Waals surface area (Å²) in [5.74, 6) is 5.31. The maximum atomic E-state index is 12.2. The molecule has 7 heteroatoms. The van der Waals surface area contributed by atoms with E-state index in [-0.39, 0.29) is 12.5 Å². The third kappa shape index (κ3) is 4.08. The lowest BCUT2D eigenvalue weighted by molar-refractivity contribution is 0.102. The fourth-order valence-corrected chi connectivity index (χ4v) is 2.19. The summed E-state index contributed by atoms with van der Waals surface area (Å²) < 4.78 is 0. The van der Waals surface area contributed by atoms with Crippen molar-refractivity contribution in [3.63, 3.8) is 0 Å². The van der Waals surface area contributed by atoms with Crippen molar-refractivity contribution in [3.05, 3.63) is 34.6 Å². The van der Waals surface area contributed by atoms with Crippen molar-refractivity contribution in [1.82, 2.24) is 15.2 Å². The second-order valence-electron chi connectivity index (χ2n) is 4.01. The van der Waals surface area contributed by atoms with E-state index in [1.54, 1.807) is 6.07 Å². The largest absolute Gasteiger partial charge is 0.395 e. The Morgan fingerprint density at radius 3 is 3.05 bits per heavy atom. The average Bonchev–Trinajstić information content (AvgIpc) is 2.95. The van der Waals surface area contributed by atoms with E-state index in [4.69, 9.17) is 5.11 Å². The molecule has 0 fully saturated rings. The van der Waals surface area contributed by atoms with Gasteiger partial charge in [0, 0.05) is 18.8 Å². The van der Waals surface area contributed by atoms with E-state index in [1.807, 2.05) is 6.92 Å².